The molecule has 1 spiro atoms. The topological polar surface area (TPSA) is 90.1 Å². The molecule has 1 unspecified atom stereocenters. The van der Waals surface area contributed by atoms with E-state index < -0.39 is 6.04 Å². The summed E-state index contributed by atoms with van der Waals surface area (Å²) in [6, 6.07) is 6.91. The molecule has 0 radical (unpaired) electrons. The van der Waals surface area contributed by atoms with Gasteiger partial charge in [0.25, 0.3) is 5.91 Å². The minimum absolute atomic E-state index is 0.0148. The van der Waals surface area contributed by atoms with Gasteiger partial charge in [-0.05, 0) is 44.2 Å². The lowest BCUT2D eigenvalue weighted by molar-refractivity contribution is -0.135. The van der Waals surface area contributed by atoms with E-state index in [0.29, 0.717) is 11.1 Å². The number of H-pyrrole nitrogens is 1. The Bertz CT molecular complexity index is 814. The first kappa shape index (κ1) is 17.0. The van der Waals surface area contributed by atoms with E-state index in [1.165, 1.54) is 6.42 Å². The average Bonchev–Trinajstić information content (AvgIpc) is 3.29. The van der Waals surface area contributed by atoms with Crippen molar-refractivity contribution in [3.8, 4) is 0 Å². The second-order valence-electron chi connectivity index (χ2n) is 7.57. The fourth-order valence-electron chi connectivity index (χ4n) is 4.16. The van der Waals surface area contributed by atoms with E-state index in [9.17, 15) is 9.59 Å². The van der Waals surface area contributed by atoms with Gasteiger partial charge in [0, 0.05) is 25.0 Å². The van der Waals surface area contributed by atoms with Crippen LogP contribution in [-0.4, -0.2) is 59.1 Å². The van der Waals surface area contributed by atoms with Gasteiger partial charge in [0.05, 0.1) is 5.52 Å². The third-order valence-corrected chi connectivity index (χ3v) is 5.87. The molecule has 0 bridgehead atoms. The number of carbonyl (C=O) groups excluding carboxylic acids is 2. The smallest absolute Gasteiger partial charge is 0.273 e. The minimum Gasteiger partial charge on any atom is -0.341 e. The molecule has 1 atom stereocenters. The fourth-order valence-corrected chi connectivity index (χ4v) is 4.16. The maximum atomic E-state index is 12.7. The zero-order valence-electron chi connectivity index (χ0n) is 15.0. The highest BCUT2D eigenvalue weighted by atomic mass is 16.2. The SMILES string of the molecule is CC(NC(=O)c1n[nH]c2ccccc12)C(=O)N1CCC2(CCNC2)CC1. The Morgan fingerprint density at radius 1 is 1.23 bits per heavy atom. The van der Waals surface area contributed by atoms with Gasteiger partial charge in [0.15, 0.2) is 5.69 Å². The van der Waals surface area contributed by atoms with Crippen molar-refractivity contribution in [2.24, 2.45) is 5.41 Å². The molecular weight excluding hydrogens is 330 g/mol. The van der Waals surface area contributed by atoms with Crippen molar-refractivity contribution < 1.29 is 9.59 Å². The molecule has 2 saturated heterocycles. The molecule has 26 heavy (non-hydrogen) atoms. The zero-order chi connectivity index (χ0) is 18.1. The monoisotopic (exact) mass is 355 g/mol. The number of aromatic amines is 1. The van der Waals surface area contributed by atoms with Crippen LogP contribution in [0.25, 0.3) is 10.9 Å². The van der Waals surface area contributed by atoms with Crippen LogP contribution in [0.3, 0.4) is 0 Å². The van der Waals surface area contributed by atoms with Crippen LogP contribution in [0.15, 0.2) is 24.3 Å². The normalized spacial score (nSPS) is 20.4. The Morgan fingerprint density at radius 2 is 2.00 bits per heavy atom. The Morgan fingerprint density at radius 3 is 2.73 bits per heavy atom. The van der Waals surface area contributed by atoms with Gasteiger partial charge >= 0.3 is 0 Å². The van der Waals surface area contributed by atoms with E-state index in [2.05, 4.69) is 20.8 Å². The number of para-hydroxylation sites is 1. The van der Waals surface area contributed by atoms with Crippen LogP contribution in [-0.2, 0) is 4.79 Å². The van der Waals surface area contributed by atoms with Gasteiger partial charge in [-0.25, -0.2) is 0 Å². The van der Waals surface area contributed by atoms with Crippen LogP contribution in [0.4, 0.5) is 0 Å². The summed E-state index contributed by atoms with van der Waals surface area (Å²) in [5, 5.41) is 14.0. The maximum Gasteiger partial charge on any atom is 0.273 e. The van der Waals surface area contributed by atoms with Gasteiger partial charge in [0.1, 0.15) is 6.04 Å². The number of amides is 2. The lowest BCUT2D eigenvalue weighted by atomic mass is 9.78. The summed E-state index contributed by atoms with van der Waals surface area (Å²) in [4.78, 5) is 27.2. The van der Waals surface area contributed by atoms with Crippen molar-refractivity contribution in [1.29, 1.82) is 0 Å². The summed E-state index contributed by atoms with van der Waals surface area (Å²) >= 11 is 0. The van der Waals surface area contributed by atoms with Gasteiger partial charge < -0.3 is 15.5 Å². The van der Waals surface area contributed by atoms with E-state index in [-0.39, 0.29) is 11.8 Å². The Balaban J connectivity index is 1.37. The number of piperidine rings is 1. The first-order chi connectivity index (χ1) is 12.6. The molecule has 2 aliphatic rings. The molecule has 4 rings (SSSR count). The molecule has 3 N–H and O–H groups in total. The summed E-state index contributed by atoms with van der Waals surface area (Å²) in [6.07, 6.45) is 3.28. The van der Waals surface area contributed by atoms with Gasteiger partial charge in [-0.1, -0.05) is 18.2 Å². The molecule has 1 aromatic carbocycles. The second-order valence-corrected chi connectivity index (χ2v) is 7.57. The zero-order valence-corrected chi connectivity index (χ0v) is 15.0. The maximum absolute atomic E-state index is 12.7. The number of rotatable bonds is 3. The number of nitrogens with zero attached hydrogens (tertiary/aromatic N) is 2. The first-order valence-electron chi connectivity index (χ1n) is 9.31. The molecule has 7 nitrogen and oxygen atoms in total. The molecule has 7 heteroatoms. The Hall–Kier alpha value is -2.41. The van der Waals surface area contributed by atoms with E-state index >= 15 is 0 Å². The van der Waals surface area contributed by atoms with Gasteiger partial charge in [-0.15, -0.1) is 0 Å². The van der Waals surface area contributed by atoms with E-state index in [0.717, 1.165) is 49.9 Å². The van der Waals surface area contributed by atoms with E-state index in [4.69, 9.17) is 0 Å². The van der Waals surface area contributed by atoms with Crippen LogP contribution in [0, 0.1) is 5.41 Å². The van der Waals surface area contributed by atoms with Crippen molar-refractivity contribution in [2.45, 2.75) is 32.2 Å². The summed E-state index contributed by atoms with van der Waals surface area (Å²) in [5.41, 5.74) is 1.51. The van der Waals surface area contributed by atoms with Gasteiger partial charge in [0.2, 0.25) is 5.91 Å². The van der Waals surface area contributed by atoms with Crippen LogP contribution in [0.5, 0.6) is 0 Å². The number of nitrogens with one attached hydrogen (secondary N) is 3. The minimum atomic E-state index is -0.561. The fraction of sp³-hybridized carbons (Fsp3) is 0.526. The molecule has 3 heterocycles. The lowest BCUT2D eigenvalue weighted by Crippen LogP contribution is -2.51. The van der Waals surface area contributed by atoms with Crippen molar-refractivity contribution in [2.75, 3.05) is 26.2 Å². The Kier molecular flexibility index (Phi) is 4.40. The van der Waals surface area contributed by atoms with E-state index in [1.807, 2.05) is 29.2 Å². The summed E-state index contributed by atoms with van der Waals surface area (Å²) in [7, 11) is 0. The standard InChI is InChI=1S/C19H25N5O2/c1-13(18(26)24-10-7-19(8-11-24)6-9-20-12-19)21-17(25)16-14-4-2-3-5-15(14)22-23-16/h2-5,13,20H,6-12H2,1H3,(H,21,25)(H,22,23). The highest BCUT2D eigenvalue weighted by Crippen LogP contribution is 2.36. The molecule has 138 valence electrons. The largest absolute Gasteiger partial charge is 0.341 e. The average molecular weight is 355 g/mol. The lowest BCUT2D eigenvalue weighted by Gasteiger charge is -2.39. The number of hydrogen-bond acceptors (Lipinski definition) is 4. The molecule has 0 saturated carbocycles. The van der Waals surface area contributed by atoms with Crippen LogP contribution < -0.4 is 10.6 Å². The third-order valence-electron chi connectivity index (χ3n) is 5.87. The summed E-state index contributed by atoms with van der Waals surface area (Å²) in [5.74, 6) is -0.337. The molecule has 2 aromatic rings. The van der Waals surface area contributed by atoms with Crippen molar-refractivity contribution in [1.82, 2.24) is 25.7 Å². The number of fused-ring (bicyclic) bond motifs is 1. The van der Waals surface area contributed by atoms with Crippen LogP contribution in [0.1, 0.15) is 36.7 Å². The predicted octanol–water partition coefficient (Wildman–Crippen LogP) is 1.28. The molecular formula is C19H25N5O2. The van der Waals surface area contributed by atoms with E-state index in [1.54, 1.807) is 6.92 Å². The highest BCUT2D eigenvalue weighted by Gasteiger charge is 2.38. The van der Waals surface area contributed by atoms with Gasteiger partial charge in [-0.2, -0.15) is 5.10 Å². The molecule has 0 aliphatic carbocycles. The van der Waals surface area contributed by atoms with Crippen molar-refractivity contribution in [3.63, 3.8) is 0 Å². The third kappa shape index (κ3) is 3.07. The van der Waals surface area contributed by atoms with Gasteiger partial charge in [-0.3, -0.25) is 14.7 Å². The summed E-state index contributed by atoms with van der Waals surface area (Å²) in [6.45, 7) is 5.43. The number of benzene rings is 1. The summed E-state index contributed by atoms with van der Waals surface area (Å²) < 4.78 is 0. The number of carbonyl (C=O) groups is 2. The molecule has 2 aliphatic heterocycles. The first-order valence-corrected chi connectivity index (χ1v) is 9.31. The quantitative estimate of drug-likeness (QED) is 0.774. The highest BCUT2D eigenvalue weighted by molar-refractivity contribution is 6.05. The number of aromatic nitrogens is 2. The number of hydrogen-bond donors (Lipinski definition) is 3. The second kappa shape index (κ2) is 6.72. The molecule has 2 amide bonds. The molecule has 1 aromatic heterocycles. The molecule has 2 fully saturated rings. The Labute approximate surface area is 152 Å². The number of likely N-dealkylation sites (tertiary alicyclic amines) is 1. The van der Waals surface area contributed by atoms with Crippen molar-refractivity contribution in [3.05, 3.63) is 30.0 Å². The predicted molar refractivity (Wildman–Crippen MR) is 98.8 cm³/mol. The van der Waals surface area contributed by atoms with Crippen LogP contribution in [0.2, 0.25) is 0 Å². The van der Waals surface area contributed by atoms with Crippen LogP contribution >= 0.6 is 0 Å². The van der Waals surface area contributed by atoms with Crippen molar-refractivity contribution >= 4 is 22.7 Å².